The summed E-state index contributed by atoms with van der Waals surface area (Å²) in [5.74, 6) is 0.746. The molecule has 0 unspecified atom stereocenters. The first-order valence-corrected chi connectivity index (χ1v) is 8.15. The van der Waals surface area contributed by atoms with Crippen LogP contribution in [0.5, 0.6) is 11.5 Å². The first-order valence-electron chi connectivity index (χ1n) is 8.15. The highest BCUT2D eigenvalue weighted by Crippen LogP contribution is 2.29. The van der Waals surface area contributed by atoms with Gasteiger partial charge in [-0.15, -0.1) is 0 Å². The number of halogens is 1. The smallest absolute Gasteiger partial charge is 0.213 e. The number of nitriles is 1. The molecule has 4 rings (SSSR count). The Labute approximate surface area is 144 Å². The summed E-state index contributed by atoms with van der Waals surface area (Å²) in [6.07, 6.45) is 1.56. The van der Waals surface area contributed by atoms with E-state index in [1.807, 2.05) is 12.1 Å². The van der Waals surface area contributed by atoms with E-state index in [0.29, 0.717) is 30.2 Å². The fourth-order valence-electron chi connectivity index (χ4n) is 2.78. The number of nitrogens with zero attached hydrogens (tertiary/aromatic N) is 3. The maximum Gasteiger partial charge on any atom is 0.213 e. The lowest BCUT2D eigenvalue weighted by molar-refractivity contribution is 0.142. The van der Waals surface area contributed by atoms with Gasteiger partial charge in [-0.25, -0.2) is 4.98 Å². The van der Waals surface area contributed by atoms with Gasteiger partial charge in [-0.2, -0.15) is 9.65 Å². The molecule has 0 atom stereocenters. The molecule has 6 nitrogen and oxygen atoms in total. The van der Waals surface area contributed by atoms with E-state index in [9.17, 15) is 9.65 Å². The van der Waals surface area contributed by atoms with Crippen LogP contribution in [0.1, 0.15) is 5.56 Å². The van der Waals surface area contributed by atoms with Gasteiger partial charge in [0.05, 0.1) is 30.9 Å². The molecule has 1 aromatic carbocycles. The molecule has 0 aliphatic carbocycles. The van der Waals surface area contributed by atoms with Crippen molar-refractivity contribution in [2.75, 3.05) is 31.1 Å². The molecule has 25 heavy (non-hydrogen) atoms. The SMILES string of the molecule is N#Cc1cc(OC2CNC2)cc(N2CC(Oc3ccc(F)nc3)C2)c1. The van der Waals surface area contributed by atoms with Crippen molar-refractivity contribution < 1.29 is 13.9 Å². The van der Waals surface area contributed by atoms with Crippen molar-refractivity contribution in [3.8, 4) is 17.6 Å². The van der Waals surface area contributed by atoms with Crippen LogP contribution >= 0.6 is 0 Å². The predicted molar refractivity (Wildman–Crippen MR) is 89.3 cm³/mol. The van der Waals surface area contributed by atoms with Gasteiger partial charge in [0.25, 0.3) is 0 Å². The Morgan fingerprint density at radius 2 is 1.92 bits per heavy atom. The van der Waals surface area contributed by atoms with Crippen LogP contribution in [0.2, 0.25) is 0 Å². The van der Waals surface area contributed by atoms with Crippen LogP contribution in [0.3, 0.4) is 0 Å². The van der Waals surface area contributed by atoms with E-state index in [2.05, 4.69) is 21.3 Å². The number of hydrogen-bond donors (Lipinski definition) is 1. The third-order valence-electron chi connectivity index (χ3n) is 4.28. The normalized spacial score (nSPS) is 17.4. The molecule has 1 aromatic heterocycles. The second-order valence-electron chi connectivity index (χ2n) is 6.19. The summed E-state index contributed by atoms with van der Waals surface area (Å²) in [7, 11) is 0. The quantitative estimate of drug-likeness (QED) is 0.836. The van der Waals surface area contributed by atoms with Gasteiger partial charge in [0.2, 0.25) is 5.95 Å². The van der Waals surface area contributed by atoms with Crippen molar-refractivity contribution in [3.63, 3.8) is 0 Å². The summed E-state index contributed by atoms with van der Waals surface area (Å²) >= 11 is 0. The Balaban J connectivity index is 1.39. The Kier molecular flexibility index (Phi) is 4.12. The monoisotopic (exact) mass is 340 g/mol. The summed E-state index contributed by atoms with van der Waals surface area (Å²) in [4.78, 5) is 5.70. The van der Waals surface area contributed by atoms with Crippen LogP contribution in [-0.4, -0.2) is 43.4 Å². The van der Waals surface area contributed by atoms with Crippen LogP contribution in [0.4, 0.5) is 10.1 Å². The lowest BCUT2D eigenvalue weighted by Crippen LogP contribution is -2.54. The minimum atomic E-state index is -0.523. The third kappa shape index (κ3) is 3.49. The lowest BCUT2D eigenvalue weighted by Gasteiger charge is -2.41. The van der Waals surface area contributed by atoms with Crippen LogP contribution in [-0.2, 0) is 0 Å². The summed E-state index contributed by atoms with van der Waals surface area (Å²) in [5.41, 5.74) is 1.52. The Hall–Kier alpha value is -2.85. The Bertz CT molecular complexity index is 796. The van der Waals surface area contributed by atoms with Crippen LogP contribution in [0.25, 0.3) is 0 Å². The number of ether oxygens (including phenoxy) is 2. The molecule has 2 fully saturated rings. The van der Waals surface area contributed by atoms with Crippen molar-refractivity contribution >= 4 is 5.69 Å². The van der Waals surface area contributed by atoms with Gasteiger partial charge in [0, 0.05) is 24.8 Å². The first-order chi connectivity index (χ1) is 12.2. The molecule has 0 radical (unpaired) electrons. The number of hydrogen-bond acceptors (Lipinski definition) is 6. The minimum Gasteiger partial charge on any atom is -0.488 e. The fourth-order valence-corrected chi connectivity index (χ4v) is 2.78. The van der Waals surface area contributed by atoms with Gasteiger partial charge in [0.15, 0.2) is 0 Å². The molecular formula is C18H17FN4O2. The van der Waals surface area contributed by atoms with Gasteiger partial charge in [0.1, 0.15) is 23.7 Å². The zero-order chi connectivity index (χ0) is 17.2. The molecule has 0 bridgehead atoms. The highest BCUT2D eigenvalue weighted by Gasteiger charge is 2.29. The third-order valence-corrected chi connectivity index (χ3v) is 4.28. The molecule has 3 heterocycles. The number of pyridine rings is 1. The number of nitrogens with one attached hydrogen (secondary N) is 1. The average Bonchev–Trinajstić information content (AvgIpc) is 2.55. The van der Waals surface area contributed by atoms with E-state index >= 15 is 0 Å². The number of aromatic nitrogens is 1. The molecule has 2 aliphatic rings. The van der Waals surface area contributed by atoms with Gasteiger partial charge < -0.3 is 19.7 Å². The second-order valence-corrected chi connectivity index (χ2v) is 6.19. The van der Waals surface area contributed by atoms with Crippen molar-refractivity contribution in [1.82, 2.24) is 10.3 Å². The van der Waals surface area contributed by atoms with E-state index in [1.54, 1.807) is 12.1 Å². The molecule has 2 saturated heterocycles. The van der Waals surface area contributed by atoms with Crippen LogP contribution in [0.15, 0.2) is 36.5 Å². The van der Waals surface area contributed by atoms with Crippen molar-refractivity contribution in [1.29, 1.82) is 5.26 Å². The molecule has 1 N–H and O–H groups in total. The highest BCUT2D eigenvalue weighted by molar-refractivity contribution is 5.58. The molecule has 7 heteroatoms. The average molecular weight is 340 g/mol. The Morgan fingerprint density at radius 1 is 1.12 bits per heavy atom. The Morgan fingerprint density at radius 3 is 2.56 bits per heavy atom. The van der Waals surface area contributed by atoms with E-state index < -0.39 is 5.95 Å². The maximum atomic E-state index is 12.8. The summed E-state index contributed by atoms with van der Waals surface area (Å²) in [5, 5.41) is 12.4. The topological polar surface area (TPSA) is 70.4 Å². The van der Waals surface area contributed by atoms with Crippen LogP contribution < -0.4 is 19.7 Å². The predicted octanol–water partition coefficient (Wildman–Crippen LogP) is 1.71. The van der Waals surface area contributed by atoms with Gasteiger partial charge in [-0.1, -0.05) is 0 Å². The molecular weight excluding hydrogens is 323 g/mol. The zero-order valence-electron chi connectivity index (χ0n) is 13.5. The lowest BCUT2D eigenvalue weighted by atomic mass is 10.1. The standard InChI is InChI=1S/C18H17FN4O2/c19-18-2-1-14(9-22-18)24-17-10-23(11-17)13-3-12(6-20)4-15(5-13)25-16-7-21-8-16/h1-5,9,16-17,21H,7-8,10-11H2. The van der Waals surface area contributed by atoms with Crippen molar-refractivity contribution in [2.24, 2.45) is 0 Å². The molecule has 2 aromatic rings. The summed E-state index contributed by atoms with van der Waals surface area (Å²) in [6.45, 7) is 3.04. The second kappa shape index (κ2) is 6.57. The van der Waals surface area contributed by atoms with Gasteiger partial charge >= 0.3 is 0 Å². The number of rotatable bonds is 5. The molecule has 0 saturated carbocycles. The maximum absolute atomic E-state index is 12.8. The van der Waals surface area contributed by atoms with E-state index in [4.69, 9.17) is 9.47 Å². The van der Waals surface area contributed by atoms with E-state index in [-0.39, 0.29) is 12.2 Å². The highest BCUT2D eigenvalue weighted by atomic mass is 19.1. The van der Waals surface area contributed by atoms with Crippen LogP contribution in [0, 0.1) is 17.3 Å². The van der Waals surface area contributed by atoms with Gasteiger partial charge in [-0.3, -0.25) is 0 Å². The fraction of sp³-hybridized carbons (Fsp3) is 0.333. The molecule has 128 valence electrons. The van der Waals surface area contributed by atoms with Crippen molar-refractivity contribution in [2.45, 2.75) is 12.2 Å². The van der Waals surface area contributed by atoms with E-state index in [0.717, 1.165) is 18.8 Å². The number of anilines is 1. The zero-order valence-corrected chi connectivity index (χ0v) is 13.5. The first kappa shape index (κ1) is 15.7. The molecule has 0 amide bonds. The molecule has 2 aliphatic heterocycles. The summed E-state index contributed by atoms with van der Waals surface area (Å²) in [6, 6.07) is 10.6. The molecule has 0 spiro atoms. The minimum absolute atomic E-state index is 0.0122. The summed E-state index contributed by atoms with van der Waals surface area (Å²) < 4.78 is 24.4. The van der Waals surface area contributed by atoms with Crippen molar-refractivity contribution in [3.05, 3.63) is 48.0 Å². The largest absolute Gasteiger partial charge is 0.488 e. The van der Waals surface area contributed by atoms with Gasteiger partial charge in [-0.05, 0) is 24.3 Å². The number of benzene rings is 1. The van der Waals surface area contributed by atoms with E-state index in [1.165, 1.54) is 12.3 Å².